The van der Waals surface area contributed by atoms with Gasteiger partial charge in [-0.1, -0.05) is 0 Å². The Hall–Kier alpha value is -2.04. The highest BCUT2D eigenvalue weighted by atomic mass is 16.2. The van der Waals surface area contributed by atoms with Crippen molar-refractivity contribution in [2.24, 2.45) is 7.05 Å². The van der Waals surface area contributed by atoms with Gasteiger partial charge in [-0.3, -0.25) is 9.48 Å². The summed E-state index contributed by atoms with van der Waals surface area (Å²) in [5, 5.41) is 4.53. The molecule has 1 aliphatic rings. The highest BCUT2D eigenvalue weighted by Gasteiger charge is 2.33. The van der Waals surface area contributed by atoms with E-state index in [4.69, 9.17) is 0 Å². The summed E-state index contributed by atoms with van der Waals surface area (Å²) in [7, 11) is 1.97. The van der Waals surface area contributed by atoms with Gasteiger partial charge >= 0.3 is 0 Å². The van der Waals surface area contributed by atoms with E-state index in [1.165, 1.54) is 11.3 Å². The van der Waals surface area contributed by atoms with Crippen LogP contribution in [0.5, 0.6) is 0 Å². The Balaban J connectivity index is 1.77. The average molecular weight is 314 g/mol. The zero-order valence-corrected chi connectivity index (χ0v) is 14.5. The number of likely N-dealkylation sites (tertiary alicyclic amines) is 1. The van der Waals surface area contributed by atoms with Crippen molar-refractivity contribution in [1.29, 1.82) is 0 Å². The first-order valence-corrected chi connectivity index (χ1v) is 8.41. The monoisotopic (exact) mass is 314 g/mol. The lowest BCUT2D eigenvalue weighted by Gasteiger charge is -2.27. The van der Waals surface area contributed by atoms with Crippen LogP contribution < -0.4 is 0 Å². The first-order valence-electron chi connectivity index (χ1n) is 8.41. The zero-order chi connectivity index (χ0) is 16.6. The van der Waals surface area contributed by atoms with Crippen LogP contribution in [0.15, 0.2) is 24.5 Å². The maximum absolute atomic E-state index is 12.8. The minimum absolute atomic E-state index is 0.188. The number of rotatable bonds is 4. The van der Waals surface area contributed by atoms with Crippen molar-refractivity contribution >= 4 is 5.91 Å². The Morgan fingerprint density at radius 3 is 2.65 bits per heavy atom. The molecule has 2 aromatic heterocycles. The fourth-order valence-electron chi connectivity index (χ4n) is 3.75. The van der Waals surface area contributed by atoms with Crippen molar-refractivity contribution in [1.82, 2.24) is 19.2 Å². The van der Waals surface area contributed by atoms with Gasteiger partial charge in [0, 0.05) is 49.7 Å². The van der Waals surface area contributed by atoms with Crippen LogP contribution in [-0.2, 0) is 11.8 Å². The third-order valence-electron chi connectivity index (χ3n) is 5.08. The van der Waals surface area contributed by atoms with Gasteiger partial charge in [0.25, 0.3) is 0 Å². The van der Waals surface area contributed by atoms with Gasteiger partial charge in [-0.05, 0) is 45.7 Å². The van der Waals surface area contributed by atoms with E-state index in [1.807, 2.05) is 43.2 Å². The maximum atomic E-state index is 12.8. The first-order chi connectivity index (χ1) is 11.0. The van der Waals surface area contributed by atoms with Crippen molar-refractivity contribution in [3.8, 4) is 0 Å². The molecular weight excluding hydrogens is 288 g/mol. The Bertz CT molecular complexity index is 686. The largest absolute Gasteiger partial charge is 0.351 e. The van der Waals surface area contributed by atoms with E-state index in [2.05, 4.69) is 28.4 Å². The molecule has 1 aliphatic heterocycles. The number of carbonyl (C=O) groups excluding carboxylic acids is 1. The number of nitrogens with zero attached hydrogens (tertiary/aromatic N) is 4. The van der Waals surface area contributed by atoms with Crippen molar-refractivity contribution in [3.05, 3.63) is 41.5 Å². The molecule has 0 N–H and O–H groups in total. The van der Waals surface area contributed by atoms with Crippen LogP contribution in [0.1, 0.15) is 55.2 Å². The molecule has 2 atom stereocenters. The zero-order valence-electron chi connectivity index (χ0n) is 14.5. The number of aryl methyl sites for hydroxylation is 2. The molecule has 1 amide bonds. The lowest BCUT2D eigenvalue weighted by molar-refractivity contribution is -0.132. The van der Waals surface area contributed by atoms with E-state index >= 15 is 0 Å². The number of aromatic nitrogens is 3. The van der Waals surface area contributed by atoms with E-state index in [0.717, 1.165) is 25.1 Å². The van der Waals surface area contributed by atoms with Crippen molar-refractivity contribution < 1.29 is 4.79 Å². The van der Waals surface area contributed by atoms with E-state index in [1.54, 1.807) is 0 Å². The van der Waals surface area contributed by atoms with Crippen molar-refractivity contribution in [3.63, 3.8) is 0 Å². The van der Waals surface area contributed by atoms with Gasteiger partial charge in [0.05, 0.1) is 11.7 Å². The lowest BCUT2D eigenvalue weighted by Crippen LogP contribution is -2.32. The SMILES string of the molecule is Cc1nn(C)c(C)c1C1CCCN1C(=O)CC(C)n1cccc1. The topological polar surface area (TPSA) is 43.1 Å². The van der Waals surface area contributed by atoms with Gasteiger partial charge in [0.2, 0.25) is 5.91 Å². The number of hydrogen-bond donors (Lipinski definition) is 0. The lowest BCUT2D eigenvalue weighted by atomic mass is 10.0. The maximum Gasteiger partial charge on any atom is 0.225 e. The Morgan fingerprint density at radius 1 is 1.35 bits per heavy atom. The predicted octanol–water partition coefficient (Wildman–Crippen LogP) is 3.15. The van der Waals surface area contributed by atoms with Crippen LogP contribution in [0, 0.1) is 13.8 Å². The van der Waals surface area contributed by atoms with Crippen LogP contribution in [-0.4, -0.2) is 31.7 Å². The molecule has 3 rings (SSSR count). The van der Waals surface area contributed by atoms with Crippen LogP contribution in [0.2, 0.25) is 0 Å². The molecule has 0 aromatic carbocycles. The molecule has 23 heavy (non-hydrogen) atoms. The molecular formula is C18H26N4O. The normalized spacial score (nSPS) is 19.3. The summed E-state index contributed by atoms with van der Waals surface area (Å²) in [5.41, 5.74) is 3.46. The van der Waals surface area contributed by atoms with Gasteiger partial charge in [-0.25, -0.2) is 0 Å². The molecule has 1 fully saturated rings. The van der Waals surface area contributed by atoms with E-state index < -0.39 is 0 Å². The third-order valence-corrected chi connectivity index (χ3v) is 5.08. The van der Waals surface area contributed by atoms with Gasteiger partial charge in [-0.2, -0.15) is 5.10 Å². The summed E-state index contributed by atoms with van der Waals surface area (Å²) < 4.78 is 4.03. The van der Waals surface area contributed by atoms with Gasteiger partial charge in [0.15, 0.2) is 0 Å². The van der Waals surface area contributed by atoms with Gasteiger partial charge < -0.3 is 9.47 Å². The predicted molar refractivity (Wildman–Crippen MR) is 90.1 cm³/mol. The molecule has 0 aliphatic carbocycles. The van der Waals surface area contributed by atoms with E-state index in [0.29, 0.717) is 6.42 Å². The molecule has 5 nitrogen and oxygen atoms in total. The van der Waals surface area contributed by atoms with Crippen molar-refractivity contribution in [2.45, 2.75) is 52.1 Å². The summed E-state index contributed by atoms with van der Waals surface area (Å²) in [6.45, 7) is 7.10. The van der Waals surface area contributed by atoms with Crippen LogP contribution in [0.3, 0.4) is 0 Å². The van der Waals surface area contributed by atoms with Crippen LogP contribution >= 0.6 is 0 Å². The van der Waals surface area contributed by atoms with Gasteiger partial charge in [-0.15, -0.1) is 0 Å². The molecule has 0 bridgehead atoms. The highest BCUT2D eigenvalue weighted by molar-refractivity contribution is 5.77. The fourth-order valence-corrected chi connectivity index (χ4v) is 3.75. The summed E-state index contributed by atoms with van der Waals surface area (Å²) in [6, 6.07) is 4.38. The molecule has 0 radical (unpaired) electrons. The smallest absolute Gasteiger partial charge is 0.225 e. The average Bonchev–Trinajstić information content (AvgIpc) is 3.21. The minimum atomic E-state index is 0.188. The first kappa shape index (κ1) is 15.8. The molecule has 1 saturated heterocycles. The molecule has 3 heterocycles. The van der Waals surface area contributed by atoms with Crippen molar-refractivity contribution in [2.75, 3.05) is 6.54 Å². The quantitative estimate of drug-likeness (QED) is 0.870. The Kier molecular flexibility index (Phi) is 4.28. The second kappa shape index (κ2) is 6.22. The second-order valence-corrected chi connectivity index (χ2v) is 6.64. The number of carbonyl (C=O) groups is 1. The second-order valence-electron chi connectivity index (χ2n) is 6.64. The minimum Gasteiger partial charge on any atom is -0.351 e. The molecule has 2 aromatic rings. The molecule has 0 spiro atoms. The van der Waals surface area contributed by atoms with E-state index in [-0.39, 0.29) is 18.0 Å². The summed E-state index contributed by atoms with van der Waals surface area (Å²) >= 11 is 0. The fraction of sp³-hybridized carbons (Fsp3) is 0.556. The molecule has 2 unspecified atom stereocenters. The summed E-state index contributed by atoms with van der Waals surface area (Å²) in [5.74, 6) is 0.247. The number of hydrogen-bond acceptors (Lipinski definition) is 2. The summed E-state index contributed by atoms with van der Waals surface area (Å²) in [4.78, 5) is 14.9. The standard InChI is InChI=1S/C18H26N4O/c1-13(21-9-5-6-10-21)12-17(23)22-11-7-8-16(22)18-14(2)19-20(4)15(18)3/h5-6,9-10,13,16H,7-8,11-12H2,1-4H3. The van der Waals surface area contributed by atoms with E-state index in [9.17, 15) is 4.79 Å². The highest BCUT2D eigenvalue weighted by Crippen LogP contribution is 2.36. The van der Waals surface area contributed by atoms with Gasteiger partial charge in [0.1, 0.15) is 0 Å². The van der Waals surface area contributed by atoms with Crippen LogP contribution in [0.25, 0.3) is 0 Å². The number of amides is 1. The Labute approximate surface area is 137 Å². The molecule has 0 saturated carbocycles. The molecule has 124 valence electrons. The summed E-state index contributed by atoms with van der Waals surface area (Å²) in [6.07, 6.45) is 6.70. The third kappa shape index (κ3) is 2.92. The molecule has 5 heteroatoms. The Morgan fingerprint density at radius 2 is 2.04 bits per heavy atom. The van der Waals surface area contributed by atoms with Crippen LogP contribution in [0.4, 0.5) is 0 Å².